The third-order valence-electron chi connectivity index (χ3n) is 16.4. The van der Waals surface area contributed by atoms with Crippen molar-refractivity contribution in [3.05, 3.63) is 82.9 Å². The van der Waals surface area contributed by atoms with E-state index in [0.717, 1.165) is 22.5 Å². The van der Waals surface area contributed by atoms with Crippen LogP contribution >= 0.6 is 0 Å². The Balaban J connectivity index is 1.54. The first-order valence-electron chi connectivity index (χ1n) is 33.4. The molecule has 0 saturated carbocycles. The summed E-state index contributed by atoms with van der Waals surface area (Å²) in [5.74, 6) is 0.484. The number of aromatic nitrogens is 2. The quantitative estimate of drug-likeness (QED) is 0.0156. The molecule has 100 heavy (non-hydrogen) atoms. The van der Waals surface area contributed by atoms with Crippen LogP contribution in [0.25, 0.3) is 33.9 Å². The second kappa shape index (κ2) is 49.5. The summed E-state index contributed by atoms with van der Waals surface area (Å²) < 4.78 is 113. The Labute approximate surface area is 594 Å². The van der Waals surface area contributed by atoms with Crippen LogP contribution in [-0.4, -0.2) is 312 Å². The second-order valence-electron chi connectivity index (χ2n) is 23.0. The Morgan fingerprint density at radius 2 is 0.630 bits per heavy atom. The van der Waals surface area contributed by atoms with Gasteiger partial charge in [-0.05, 0) is 62.1 Å². The molecule has 0 aliphatic rings. The number of benzene rings is 3. The molecule has 570 valence electrons. The van der Waals surface area contributed by atoms with Gasteiger partial charge in [-0.1, -0.05) is 24.3 Å². The lowest BCUT2D eigenvalue weighted by atomic mass is 10.0. The Kier molecular flexibility index (Phi) is 43.6. The van der Waals surface area contributed by atoms with Crippen molar-refractivity contribution in [3.8, 4) is 33.9 Å². The zero-order valence-electron chi connectivity index (χ0n) is 60.6. The predicted molar refractivity (Wildman–Crippen MR) is 381 cm³/mol. The van der Waals surface area contributed by atoms with Crippen molar-refractivity contribution < 1.29 is 116 Å². The van der Waals surface area contributed by atoms with Crippen molar-refractivity contribution in [2.75, 3.05) is 227 Å². The standard InChI is InChI=1S/C65H113N5O26Si4/c1-77-97(78-2,79-3)41-13-33-89-45-59(71)49-93-37-29-68(30-38-94-50-60(72)46-90-34-14-42-98(80-4,81-5)82-6)56-23-17-53(18-24-56)63-64(67-65(66-63)55-21-27-58(28-22-55)70(75)76)54-19-25-57(26-20-54)69(31-39-95-51-61(73)47-91-35-15-43-99(83-7,84-8)85-9)32-40-96-52-62(74)48-92-36-16-44-100(86-10,87-11)88-12/h17-28,59-62,71-74H,13-16,29-52H2,1-12H3,(H,66,67). The smallest absolute Gasteiger partial charge is 0.388 e. The van der Waals surface area contributed by atoms with Gasteiger partial charge in [0.15, 0.2) is 0 Å². The van der Waals surface area contributed by atoms with Gasteiger partial charge in [-0.25, -0.2) is 4.98 Å². The molecule has 0 amide bonds. The molecule has 1 heterocycles. The minimum Gasteiger partial charge on any atom is -0.388 e. The lowest BCUT2D eigenvalue weighted by Crippen LogP contribution is -2.42. The molecular formula is C65H113N5O26Si4. The highest BCUT2D eigenvalue weighted by Crippen LogP contribution is 2.36. The van der Waals surface area contributed by atoms with Crippen molar-refractivity contribution in [2.45, 2.75) is 74.3 Å². The molecule has 0 aliphatic heterocycles. The highest BCUT2D eigenvalue weighted by molar-refractivity contribution is 6.61. The van der Waals surface area contributed by atoms with Gasteiger partial charge in [0.05, 0.1) is 95.6 Å². The molecule has 0 saturated heterocycles. The van der Waals surface area contributed by atoms with E-state index in [0.29, 0.717) is 125 Å². The van der Waals surface area contributed by atoms with E-state index < -0.39 is 64.6 Å². The fraction of sp³-hybridized carbons (Fsp3) is 0.677. The Morgan fingerprint density at radius 1 is 0.380 bits per heavy atom. The number of rotatable bonds is 62. The van der Waals surface area contributed by atoms with Gasteiger partial charge in [0, 0.05) is 202 Å². The van der Waals surface area contributed by atoms with Crippen LogP contribution in [0.1, 0.15) is 25.7 Å². The molecule has 4 rings (SSSR count). The Hall–Kier alpha value is -4.22. The van der Waals surface area contributed by atoms with Gasteiger partial charge in [0.1, 0.15) is 30.2 Å². The van der Waals surface area contributed by atoms with E-state index in [1.54, 1.807) is 97.5 Å². The molecule has 1 aromatic heterocycles. The van der Waals surface area contributed by atoms with Gasteiger partial charge in [0.25, 0.3) is 5.69 Å². The van der Waals surface area contributed by atoms with Crippen LogP contribution < -0.4 is 9.80 Å². The maximum absolute atomic E-state index is 11.7. The number of imidazole rings is 1. The van der Waals surface area contributed by atoms with E-state index in [4.69, 9.17) is 96.0 Å². The molecule has 0 radical (unpaired) electrons. The molecule has 0 bridgehead atoms. The average Bonchev–Trinajstić information content (AvgIpc) is 1.63. The van der Waals surface area contributed by atoms with Gasteiger partial charge >= 0.3 is 35.2 Å². The number of non-ortho nitro benzene ring substituents is 1. The zero-order chi connectivity index (χ0) is 73.1. The van der Waals surface area contributed by atoms with Crippen molar-refractivity contribution >= 4 is 52.3 Å². The molecule has 5 N–H and O–H groups in total. The third kappa shape index (κ3) is 30.8. The van der Waals surface area contributed by atoms with Gasteiger partial charge < -0.3 is 126 Å². The van der Waals surface area contributed by atoms with Gasteiger partial charge in [0.2, 0.25) is 0 Å². The minimum absolute atomic E-state index is 0.0361. The Bertz CT molecular complexity index is 2470. The Morgan fingerprint density at radius 3 is 0.890 bits per heavy atom. The van der Waals surface area contributed by atoms with Crippen molar-refractivity contribution in [3.63, 3.8) is 0 Å². The summed E-state index contributed by atoms with van der Waals surface area (Å²) in [5.41, 5.74) is 5.09. The van der Waals surface area contributed by atoms with E-state index in [1.165, 1.54) is 12.1 Å². The molecular weight excluding hydrogens is 1380 g/mol. The van der Waals surface area contributed by atoms with E-state index >= 15 is 0 Å². The monoisotopic (exact) mass is 1490 g/mol. The largest absolute Gasteiger partial charge is 0.500 e. The minimum atomic E-state index is -2.74. The third-order valence-corrected chi connectivity index (χ3v) is 27.7. The number of nitrogens with one attached hydrogen (secondary N) is 1. The molecule has 4 unspecified atom stereocenters. The molecule has 0 fully saturated rings. The molecule has 4 aromatic rings. The van der Waals surface area contributed by atoms with E-state index in [1.807, 2.05) is 48.5 Å². The van der Waals surface area contributed by atoms with Crippen LogP contribution in [0, 0.1) is 10.1 Å². The number of aliphatic hydroxyl groups is 4. The summed E-state index contributed by atoms with van der Waals surface area (Å²) in [6.07, 6.45) is -1.01. The van der Waals surface area contributed by atoms with Crippen LogP contribution in [0.5, 0.6) is 0 Å². The maximum Gasteiger partial charge on any atom is 0.500 e. The summed E-state index contributed by atoms with van der Waals surface area (Å²) in [5, 5.41) is 54.7. The van der Waals surface area contributed by atoms with Crippen LogP contribution in [0.4, 0.5) is 17.1 Å². The summed E-state index contributed by atoms with van der Waals surface area (Å²) in [6, 6.07) is 24.2. The van der Waals surface area contributed by atoms with Gasteiger partial charge in [-0.2, -0.15) is 0 Å². The normalized spacial score (nSPS) is 13.6. The number of aromatic amines is 1. The van der Waals surface area contributed by atoms with Crippen molar-refractivity contribution in [1.29, 1.82) is 0 Å². The number of hydrogen-bond acceptors (Lipinski definition) is 29. The summed E-state index contributed by atoms with van der Waals surface area (Å²) in [4.78, 5) is 24.0. The summed E-state index contributed by atoms with van der Waals surface area (Å²) in [6.45, 7) is 4.58. The highest BCUT2D eigenvalue weighted by Gasteiger charge is 2.40. The van der Waals surface area contributed by atoms with Crippen LogP contribution in [0.3, 0.4) is 0 Å². The number of ether oxygens (including phenoxy) is 8. The molecule has 35 heteroatoms. The fourth-order valence-electron chi connectivity index (χ4n) is 10.5. The van der Waals surface area contributed by atoms with Gasteiger partial charge in [-0.3, -0.25) is 10.1 Å². The zero-order valence-corrected chi connectivity index (χ0v) is 64.6. The van der Waals surface area contributed by atoms with Crippen LogP contribution in [0.15, 0.2) is 72.8 Å². The number of nitrogens with zero attached hydrogens (tertiary/aromatic N) is 4. The fourth-order valence-corrected chi connectivity index (χ4v) is 17.3. The number of nitro groups is 1. The first kappa shape index (κ1) is 88.2. The van der Waals surface area contributed by atoms with E-state index in [-0.39, 0.29) is 85.0 Å². The van der Waals surface area contributed by atoms with Crippen LogP contribution in [-0.2, 0) is 91.0 Å². The summed E-state index contributed by atoms with van der Waals surface area (Å²) in [7, 11) is 7.75. The molecule has 31 nitrogen and oxygen atoms in total. The molecule has 0 spiro atoms. The van der Waals surface area contributed by atoms with Crippen molar-refractivity contribution in [1.82, 2.24) is 9.97 Å². The van der Waals surface area contributed by atoms with Crippen LogP contribution in [0.2, 0.25) is 24.2 Å². The second-order valence-corrected chi connectivity index (χ2v) is 35.4. The van der Waals surface area contributed by atoms with E-state index in [2.05, 4.69) is 14.8 Å². The molecule has 3 aromatic carbocycles. The maximum atomic E-state index is 11.7. The first-order valence-corrected chi connectivity index (χ1v) is 41.1. The summed E-state index contributed by atoms with van der Waals surface area (Å²) >= 11 is 0. The molecule has 0 aliphatic carbocycles. The van der Waals surface area contributed by atoms with Crippen molar-refractivity contribution in [2.24, 2.45) is 0 Å². The predicted octanol–water partition coefficient (Wildman–Crippen LogP) is 5.58. The van der Waals surface area contributed by atoms with E-state index in [9.17, 15) is 30.5 Å². The number of nitro benzene ring substituents is 1. The first-order chi connectivity index (χ1) is 48.4. The highest BCUT2D eigenvalue weighted by atomic mass is 28.4. The number of anilines is 2. The van der Waals surface area contributed by atoms with Gasteiger partial charge in [-0.15, -0.1) is 0 Å². The lowest BCUT2D eigenvalue weighted by Gasteiger charge is -2.26. The molecule has 4 atom stereocenters. The topological polar surface area (TPSA) is 344 Å². The number of hydrogen-bond donors (Lipinski definition) is 5. The number of H-pyrrole nitrogens is 1. The average molecular weight is 1490 g/mol. The lowest BCUT2D eigenvalue weighted by molar-refractivity contribution is -0.384. The SMILES string of the molecule is CO[Si](CCCOCC(O)COCCN(CCOCC(O)COCCC[Si](OC)(OC)OC)c1ccc(-c2nc(-c3ccc([N+](=O)[O-])cc3)[nH]c2-c2ccc(N(CCOCC(O)COCCC[Si](OC)(OC)OC)CCOCC(O)COCCC[Si](OC)(OC)OC)cc2)cc1)(OC)OC. The number of aliphatic hydroxyl groups excluding tert-OH is 4.